The topological polar surface area (TPSA) is 39.2 Å². The second-order valence-corrected chi connectivity index (χ2v) is 4.46. The summed E-state index contributed by atoms with van der Waals surface area (Å²) < 4.78 is 39.8. The van der Waals surface area contributed by atoms with E-state index in [2.05, 4.69) is 9.72 Å². The fraction of sp³-hybridized carbons (Fsp3) is 0.200. The number of pyridine rings is 1. The van der Waals surface area contributed by atoms with Crippen molar-refractivity contribution in [1.82, 2.24) is 4.98 Å². The normalized spacial score (nSPS) is 11.2. The Morgan fingerprint density at radius 1 is 1.14 bits per heavy atom. The van der Waals surface area contributed by atoms with Crippen molar-refractivity contribution in [3.8, 4) is 5.75 Å². The van der Waals surface area contributed by atoms with Crippen LogP contribution in [-0.4, -0.2) is 17.1 Å². The molecule has 0 fully saturated rings. The Labute approximate surface area is 119 Å². The second kappa shape index (κ2) is 5.95. The molecule has 0 aliphatic rings. The molecular weight excluding hydrogens is 283 g/mol. The number of hydrogen-bond donors (Lipinski definition) is 0. The standard InChI is InChI=1S/C15H12F3NO2/c1-10-3-2-4-13(19-10)14(20)9-11-5-7-12(8-6-11)21-15(16,17)18/h2-8H,9H2,1H3. The first-order valence-electron chi connectivity index (χ1n) is 6.15. The van der Waals surface area contributed by atoms with Crippen LogP contribution in [-0.2, 0) is 6.42 Å². The minimum atomic E-state index is -4.72. The van der Waals surface area contributed by atoms with E-state index in [4.69, 9.17) is 0 Å². The Bertz CT molecular complexity index is 636. The van der Waals surface area contributed by atoms with Gasteiger partial charge in [-0.3, -0.25) is 9.78 Å². The lowest BCUT2D eigenvalue weighted by molar-refractivity contribution is -0.274. The summed E-state index contributed by atoms with van der Waals surface area (Å²) in [5.74, 6) is -0.504. The van der Waals surface area contributed by atoms with Gasteiger partial charge in [-0.15, -0.1) is 13.2 Å². The number of benzene rings is 1. The number of nitrogens with zero attached hydrogens (tertiary/aromatic N) is 1. The zero-order chi connectivity index (χ0) is 15.5. The number of rotatable bonds is 4. The number of ether oxygens (including phenoxy) is 1. The van der Waals surface area contributed by atoms with Crippen LogP contribution < -0.4 is 4.74 Å². The largest absolute Gasteiger partial charge is 0.573 e. The van der Waals surface area contributed by atoms with Crippen LogP contribution >= 0.6 is 0 Å². The number of aryl methyl sites for hydroxylation is 1. The first-order chi connectivity index (χ1) is 9.83. The molecule has 1 aromatic carbocycles. The van der Waals surface area contributed by atoms with Crippen LogP contribution in [0.1, 0.15) is 21.7 Å². The maximum atomic E-state index is 12.0. The molecule has 0 saturated heterocycles. The van der Waals surface area contributed by atoms with Gasteiger partial charge < -0.3 is 4.74 Å². The second-order valence-electron chi connectivity index (χ2n) is 4.46. The van der Waals surface area contributed by atoms with Gasteiger partial charge in [0.25, 0.3) is 0 Å². The molecule has 0 bridgehead atoms. The Hall–Kier alpha value is -2.37. The lowest BCUT2D eigenvalue weighted by Crippen LogP contribution is -2.17. The highest BCUT2D eigenvalue weighted by Gasteiger charge is 2.30. The summed E-state index contributed by atoms with van der Waals surface area (Å²) in [5, 5.41) is 0. The van der Waals surface area contributed by atoms with Gasteiger partial charge in [-0.25, -0.2) is 0 Å². The molecule has 6 heteroatoms. The van der Waals surface area contributed by atoms with E-state index in [1.54, 1.807) is 25.1 Å². The summed E-state index contributed by atoms with van der Waals surface area (Å²) in [5.41, 5.74) is 1.67. The van der Waals surface area contributed by atoms with E-state index in [0.29, 0.717) is 11.3 Å². The summed E-state index contributed by atoms with van der Waals surface area (Å²) in [6.07, 6.45) is -4.65. The third-order valence-electron chi connectivity index (χ3n) is 2.70. The predicted octanol–water partition coefficient (Wildman–Crippen LogP) is 3.71. The van der Waals surface area contributed by atoms with E-state index in [1.807, 2.05) is 0 Å². The van der Waals surface area contributed by atoms with Crippen molar-refractivity contribution in [2.45, 2.75) is 19.7 Å². The van der Waals surface area contributed by atoms with Gasteiger partial charge in [-0.2, -0.15) is 0 Å². The third-order valence-corrected chi connectivity index (χ3v) is 2.70. The smallest absolute Gasteiger partial charge is 0.406 e. The van der Waals surface area contributed by atoms with Crippen LogP contribution in [0.25, 0.3) is 0 Å². The number of alkyl halides is 3. The van der Waals surface area contributed by atoms with E-state index in [1.165, 1.54) is 24.3 Å². The summed E-state index contributed by atoms with van der Waals surface area (Å²) in [6, 6.07) is 10.3. The fourth-order valence-electron chi connectivity index (χ4n) is 1.78. The molecule has 0 aliphatic heterocycles. The van der Waals surface area contributed by atoms with Crippen LogP contribution in [0, 0.1) is 6.92 Å². The van der Waals surface area contributed by atoms with Gasteiger partial charge in [0.15, 0.2) is 5.78 Å². The molecule has 2 rings (SSSR count). The minimum Gasteiger partial charge on any atom is -0.406 e. The minimum absolute atomic E-state index is 0.0722. The third kappa shape index (κ3) is 4.59. The molecule has 3 nitrogen and oxygen atoms in total. The molecule has 1 heterocycles. The number of hydrogen-bond acceptors (Lipinski definition) is 3. The fourth-order valence-corrected chi connectivity index (χ4v) is 1.78. The van der Waals surface area contributed by atoms with E-state index >= 15 is 0 Å². The molecular formula is C15H12F3NO2. The van der Waals surface area contributed by atoms with E-state index in [9.17, 15) is 18.0 Å². The van der Waals surface area contributed by atoms with E-state index in [0.717, 1.165) is 5.69 Å². The average Bonchev–Trinajstić information content (AvgIpc) is 2.39. The Kier molecular flexibility index (Phi) is 4.26. The highest BCUT2D eigenvalue weighted by atomic mass is 19.4. The zero-order valence-electron chi connectivity index (χ0n) is 11.1. The molecule has 2 aromatic rings. The lowest BCUT2D eigenvalue weighted by Gasteiger charge is -2.09. The van der Waals surface area contributed by atoms with E-state index in [-0.39, 0.29) is 18.0 Å². The predicted molar refractivity (Wildman–Crippen MR) is 70.1 cm³/mol. The highest BCUT2D eigenvalue weighted by molar-refractivity contribution is 5.95. The number of aromatic nitrogens is 1. The van der Waals surface area contributed by atoms with Crippen LogP contribution in [0.3, 0.4) is 0 Å². The molecule has 0 atom stereocenters. The number of carbonyl (C=O) groups is 1. The van der Waals surface area contributed by atoms with Crippen molar-refractivity contribution in [1.29, 1.82) is 0 Å². The van der Waals surface area contributed by atoms with Gasteiger partial charge in [0.2, 0.25) is 0 Å². The molecule has 0 spiro atoms. The quantitative estimate of drug-likeness (QED) is 0.807. The van der Waals surface area contributed by atoms with Crippen LogP contribution in [0.5, 0.6) is 5.75 Å². The molecule has 0 N–H and O–H groups in total. The van der Waals surface area contributed by atoms with Crippen molar-refractivity contribution < 1.29 is 22.7 Å². The van der Waals surface area contributed by atoms with Crippen molar-refractivity contribution in [2.75, 3.05) is 0 Å². The Morgan fingerprint density at radius 3 is 2.38 bits per heavy atom. The monoisotopic (exact) mass is 295 g/mol. The van der Waals surface area contributed by atoms with Gasteiger partial charge in [0.05, 0.1) is 0 Å². The Morgan fingerprint density at radius 2 is 1.81 bits per heavy atom. The average molecular weight is 295 g/mol. The van der Waals surface area contributed by atoms with Crippen molar-refractivity contribution in [3.63, 3.8) is 0 Å². The number of carbonyl (C=O) groups excluding carboxylic acids is 1. The Balaban J connectivity index is 2.05. The molecule has 110 valence electrons. The zero-order valence-corrected chi connectivity index (χ0v) is 11.1. The van der Waals surface area contributed by atoms with Crippen molar-refractivity contribution >= 4 is 5.78 Å². The lowest BCUT2D eigenvalue weighted by atomic mass is 10.1. The van der Waals surface area contributed by atoms with Crippen molar-refractivity contribution in [2.24, 2.45) is 0 Å². The van der Waals surface area contributed by atoms with Crippen LogP contribution in [0.4, 0.5) is 13.2 Å². The summed E-state index contributed by atoms with van der Waals surface area (Å²) >= 11 is 0. The molecule has 0 aliphatic carbocycles. The summed E-state index contributed by atoms with van der Waals surface area (Å²) in [4.78, 5) is 16.1. The van der Waals surface area contributed by atoms with Crippen LogP contribution in [0.2, 0.25) is 0 Å². The number of halogens is 3. The first kappa shape index (κ1) is 15.0. The SMILES string of the molecule is Cc1cccc(C(=O)Cc2ccc(OC(F)(F)F)cc2)n1. The van der Waals surface area contributed by atoms with Gasteiger partial charge in [-0.1, -0.05) is 18.2 Å². The molecule has 0 amide bonds. The van der Waals surface area contributed by atoms with Crippen LogP contribution in [0.15, 0.2) is 42.5 Å². The molecule has 1 aromatic heterocycles. The first-order valence-corrected chi connectivity index (χ1v) is 6.15. The number of ketones is 1. The van der Waals surface area contributed by atoms with Gasteiger partial charge in [-0.05, 0) is 36.8 Å². The summed E-state index contributed by atoms with van der Waals surface area (Å²) in [6.45, 7) is 1.78. The van der Waals surface area contributed by atoms with E-state index < -0.39 is 6.36 Å². The maximum absolute atomic E-state index is 12.0. The van der Waals surface area contributed by atoms with Gasteiger partial charge in [0, 0.05) is 12.1 Å². The molecule has 0 radical (unpaired) electrons. The van der Waals surface area contributed by atoms with Crippen molar-refractivity contribution in [3.05, 3.63) is 59.4 Å². The molecule has 0 unspecified atom stereocenters. The molecule has 0 saturated carbocycles. The summed E-state index contributed by atoms with van der Waals surface area (Å²) in [7, 11) is 0. The van der Waals surface area contributed by atoms with Gasteiger partial charge >= 0.3 is 6.36 Å². The number of Topliss-reactive ketones (excluding diaryl/α,β-unsaturated/α-hetero) is 1. The molecule has 21 heavy (non-hydrogen) atoms. The maximum Gasteiger partial charge on any atom is 0.573 e. The van der Waals surface area contributed by atoms with Gasteiger partial charge in [0.1, 0.15) is 11.4 Å². The highest BCUT2D eigenvalue weighted by Crippen LogP contribution is 2.23.